The maximum atomic E-state index is 7.85. The fourth-order valence-corrected chi connectivity index (χ4v) is 0.622. The smallest absolute Gasteiger partial charge is 0.0301 e. The topological polar surface area (TPSA) is 74.8 Å². The number of azide groups is 1. The van der Waals surface area contributed by atoms with Gasteiger partial charge in [0.2, 0.25) is 0 Å². The van der Waals surface area contributed by atoms with Crippen LogP contribution < -0.4 is 5.73 Å². The molecule has 4 nitrogen and oxygen atoms in total. The Morgan fingerprint density at radius 1 is 1.88 bits per heavy atom. The third kappa shape index (κ3) is 1.12. The Morgan fingerprint density at radius 3 is 2.88 bits per heavy atom. The van der Waals surface area contributed by atoms with Gasteiger partial charge in [-0.1, -0.05) is 5.11 Å². The van der Waals surface area contributed by atoms with E-state index in [2.05, 4.69) is 10.0 Å². The van der Waals surface area contributed by atoms with Crippen LogP contribution in [0.25, 0.3) is 10.4 Å². The van der Waals surface area contributed by atoms with Gasteiger partial charge in [-0.3, -0.25) is 0 Å². The molecule has 44 valence electrons. The lowest BCUT2D eigenvalue weighted by atomic mass is 10.4. The summed E-state index contributed by atoms with van der Waals surface area (Å²) in [5.74, 6) is 0.478. The van der Waals surface area contributed by atoms with E-state index >= 15 is 0 Å². The van der Waals surface area contributed by atoms with Crippen molar-refractivity contribution in [3.05, 3.63) is 10.4 Å². The Kier molecular flexibility index (Phi) is 1.37. The SMILES string of the molecule is [N-]=[N+]=NC[C@H]1C[C@H]1N. The first-order chi connectivity index (χ1) is 3.84. The van der Waals surface area contributed by atoms with E-state index in [1.165, 1.54) is 0 Å². The van der Waals surface area contributed by atoms with Crippen molar-refractivity contribution in [2.24, 2.45) is 16.8 Å². The van der Waals surface area contributed by atoms with Gasteiger partial charge in [-0.05, 0) is 17.9 Å². The zero-order chi connectivity index (χ0) is 5.98. The largest absolute Gasteiger partial charge is 0.327 e. The van der Waals surface area contributed by atoms with Crippen molar-refractivity contribution < 1.29 is 0 Å². The Morgan fingerprint density at radius 2 is 2.50 bits per heavy atom. The average molecular weight is 112 g/mol. The molecule has 1 rings (SSSR count). The fraction of sp³-hybridized carbons (Fsp3) is 1.00. The van der Waals surface area contributed by atoms with Gasteiger partial charge in [0.15, 0.2) is 0 Å². The maximum Gasteiger partial charge on any atom is 0.0301 e. The Hall–Kier alpha value is -0.730. The van der Waals surface area contributed by atoms with E-state index in [1.54, 1.807) is 0 Å². The van der Waals surface area contributed by atoms with E-state index < -0.39 is 0 Å². The lowest BCUT2D eigenvalue weighted by Crippen LogP contribution is -2.02. The van der Waals surface area contributed by atoms with Crippen LogP contribution in [0.2, 0.25) is 0 Å². The van der Waals surface area contributed by atoms with Gasteiger partial charge in [0, 0.05) is 17.5 Å². The summed E-state index contributed by atoms with van der Waals surface area (Å²) < 4.78 is 0. The highest BCUT2D eigenvalue weighted by Crippen LogP contribution is 2.27. The van der Waals surface area contributed by atoms with Crippen molar-refractivity contribution in [2.75, 3.05) is 6.54 Å². The summed E-state index contributed by atoms with van der Waals surface area (Å²) in [6.07, 6.45) is 1.03. The molecule has 8 heavy (non-hydrogen) atoms. The van der Waals surface area contributed by atoms with Gasteiger partial charge in [-0.15, -0.1) is 0 Å². The third-order valence-corrected chi connectivity index (χ3v) is 1.36. The molecule has 0 spiro atoms. The number of nitrogens with two attached hydrogens (primary N) is 1. The predicted molar refractivity (Wildman–Crippen MR) is 30.1 cm³/mol. The molecule has 0 aromatic heterocycles. The normalized spacial score (nSPS) is 33.6. The van der Waals surface area contributed by atoms with Crippen LogP contribution in [0.1, 0.15) is 6.42 Å². The molecule has 1 fully saturated rings. The first-order valence-electron chi connectivity index (χ1n) is 2.61. The highest BCUT2D eigenvalue weighted by molar-refractivity contribution is 4.91. The van der Waals surface area contributed by atoms with Crippen LogP contribution in [-0.4, -0.2) is 12.6 Å². The van der Waals surface area contributed by atoms with E-state index in [0.717, 1.165) is 6.42 Å². The van der Waals surface area contributed by atoms with Crippen molar-refractivity contribution in [1.82, 2.24) is 0 Å². The summed E-state index contributed by atoms with van der Waals surface area (Å²) in [4.78, 5) is 2.62. The van der Waals surface area contributed by atoms with Crippen LogP contribution in [0.4, 0.5) is 0 Å². The molecule has 1 aliphatic carbocycles. The molecule has 1 aliphatic rings. The van der Waals surface area contributed by atoms with Gasteiger partial charge in [-0.25, -0.2) is 0 Å². The summed E-state index contributed by atoms with van der Waals surface area (Å²) >= 11 is 0. The molecule has 0 aromatic carbocycles. The molecule has 0 amide bonds. The van der Waals surface area contributed by atoms with Crippen LogP contribution in [0.5, 0.6) is 0 Å². The molecule has 0 aliphatic heterocycles. The monoisotopic (exact) mass is 112 g/mol. The molecule has 4 heteroatoms. The lowest BCUT2D eigenvalue weighted by Gasteiger charge is -1.81. The van der Waals surface area contributed by atoms with Crippen molar-refractivity contribution in [2.45, 2.75) is 12.5 Å². The van der Waals surface area contributed by atoms with Crippen LogP contribution in [0, 0.1) is 5.92 Å². The Bertz CT molecular complexity index is 126. The zero-order valence-corrected chi connectivity index (χ0v) is 4.49. The minimum Gasteiger partial charge on any atom is -0.327 e. The second-order valence-corrected chi connectivity index (χ2v) is 2.07. The maximum absolute atomic E-state index is 7.85. The second kappa shape index (κ2) is 2.03. The molecule has 2 N–H and O–H groups in total. The van der Waals surface area contributed by atoms with Gasteiger partial charge in [-0.2, -0.15) is 0 Å². The van der Waals surface area contributed by atoms with Crippen molar-refractivity contribution in [3.8, 4) is 0 Å². The van der Waals surface area contributed by atoms with Crippen LogP contribution in [0.15, 0.2) is 5.11 Å². The Labute approximate surface area is 47.3 Å². The van der Waals surface area contributed by atoms with Gasteiger partial charge >= 0.3 is 0 Å². The molecule has 0 unspecified atom stereocenters. The fourth-order valence-electron chi connectivity index (χ4n) is 0.622. The van der Waals surface area contributed by atoms with Gasteiger partial charge < -0.3 is 5.73 Å². The number of hydrogen-bond donors (Lipinski definition) is 1. The highest BCUT2D eigenvalue weighted by atomic mass is 15.1. The predicted octanol–water partition coefficient (Wildman–Crippen LogP) is 0.644. The van der Waals surface area contributed by atoms with Crippen LogP contribution in [0.3, 0.4) is 0 Å². The van der Waals surface area contributed by atoms with Crippen LogP contribution in [-0.2, 0) is 0 Å². The first-order valence-corrected chi connectivity index (χ1v) is 2.61. The summed E-state index contributed by atoms with van der Waals surface area (Å²) in [5.41, 5.74) is 13.3. The minimum atomic E-state index is 0.306. The summed E-state index contributed by atoms with van der Waals surface area (Å²) in [6, 6.07) is 0.306. The molecule has 0 bridgehead atoms. The van der Waals surface area contributed by atoms with E-state index in [4.69, 9.17) is 11.3 Å². The molecule has 1 saturated carbocycles. The van der Waals surface area contributed by atoms with E-state index in [9.17, 15) is 0 Å². The highest BCUT2D eigenvalue weighted by Gasteiger charge is 2.31. The van der Waals surface area contributed by atoms with Gasteiger partial charge in [0.1, 0.15) is 0 Å². The lowest BCUT2D eigenvalue weighted by molar-refractivity contribution is 0.795. The molecular formula is C4H8N4. The quantitative estimate of drug-likeness (QED) is 0.317. The molecule has 0 aromatic rings. The number of nitrogens with zero attached hydrogens (tertiary/aromatic N) is 3. The minimum absolute atomic E-state index is 0.306. The van der Waals surface area contributed by atoms with Crippen molar-refractivity contribution in [3.63, 3.8) is 0 Å². The number of hydrogen-bond acceptors (Lipinski definition) is 2. The average Bonchev–Trinajstić information content (AvgIpc) is 2.42. The Balaban J connectivity index is 2.13. The summed E-state index contributed by atoms with van der Waals surface area (Å²) in [7, 11) is 0. The van der Waals surface area contributed by atoms with Crippen molar-refractivity contribution in [1.29, 1.82) is 0 Å². The summed E-state index contributed by atoms with van der Waals surface area (Å²) in [6.45, 7) is 0.581. The van der Waals surface area contributed by atoms with Gasteiger partial charge in [0.05, 0.1) is 0 Å². The third-order valence-electron chi connectivity index (χ3n) is 1.36. The van der Waals surface area contributed by atoms with Gasteiger partial charge in [0.25, 0.3) is 0 Å². The molecule has 0 saturated heterocycles. The standard InChI is InChI=1S/C4H8N4/c5-4-1-3(4)2-7-8-6/h3-4H,1-2,5H2/t3-,4-/m1/s1. The zero-order valence-electron chi connectivity index (χ0n) is 4.49. The molecule has 0 radical (unpaired) electrons. The first kappa shape index (κ1) is 5.41. The molecule has 0 heterocycles. The van der Waals surface area contributed by atoms with Crippen LogP contribution >= 0.6 is 0 Å². The van der Waals surface area contributed by atoms with E-state index in [-0.39, 0.29) is 0 Å². The van der Waals surface area contributed by atoms with Crippen molar-refractivity contribution >= 4 is 0 Å². The number of rotatable bonds is 2. The second-order valence-electron chi connectivity index (χ2n) is 2.07. The molecular weight excluding hydrogens is 104 g/mol. The van der Waals surface area contributed by atoms with E-state index in [0.29, 0.717) is 18.5 Å². The summed E-state index contributed by atoms with van der Waals surface area (Å²) in [5, 5.41) is 3.38. The van der Waals surface area contributed by atoms with E-state index in [1.807, 2.05) is 0 Å². The molecule has 2 atom stereocenters.